The van der Waals surface area contributed by atoms with Gasteiger partial charge in [-0.2, -0.15) is 0 Å². The Bertz CT molecular complexity index is 642. The van der Waals surface area contributed by atoms with E-state index in [0.29, 0.717) is 6.42 Å². The molecule has 0 saturated carbocycles. The van der Waals surface area contributed by atoms with Crippen LogP contribution in [0.5, 0.6) is 0 Å². The minimum Gasteiger partial charge on any atom is -0.241 e. The summed E-state index contributed by atoms with van der Waals surface area (Å²) < 4.78 is 40.2. The molecule has 7 heteroatoms. The van der Waals surface area contributed by atoms with Gasteiger partial charge in [0.05, 0.1) is 6.04 Å². The fourth-order valence-corrected chi connectivity index (χ4v) is 3.88. The predicted octanol–water partition coefficient (Wildman–Crippen LogP) is 2.71. The summed E-state index contributed by atoms with van der Waals surface area (Å²) in [5.74, 6) is -0.851. The quantitative estimate of drug-likeness (QED) is 0.923. The van der Waals surface area contributed by atoms with E-state index >= 15 is 0 Å². The molecule has 1 N–H and O–H groups in total. The molecule has 0 bridgehead atoms. The van der Waals surface area contributed by atoms with Gasteiger partial charge in [0.2, 0.25) is 5.03 Å². The highest BCUT2D eigenvalue weighted by Crippen LogP contribution is 2.24. The first-order chi connectivity index (χ1) is 9.04. The molecule has 2 rings (SSSR count). The third kappa shape index (κ3) is 3.17. The number of hydrogen-bond acceptors (Lipinski definition) is 4. The monoisotopic (exact) mass is 300 g/mol. The number of pyridine rings is 1. The highest BCUT2D eigenvalue weighted by molar-refractivity contribution is 7.89. The zero-order valence-corrected chi connectivity index (χ0v) is 11.8. The van der Waals surface area contributed by atoms with Gasteiger partial charge in [-0.25, -0.2) is 22.5 Å². The van der Waals surface area contributed by atoms with Crippen LogP contribution in [0.15, 0.2) is 40.9 Å². The number of rotatable bonds is 5. The van der Waals surface area contributed by atoms with E-state index < -0.39 is 20.9 Å². The van der Waals surface area contributed by atoms with Crippen molar-refractivity contribution in [3.63, 3.8) is 0 Å². The average Bonchev–Trinajstić information content (AvgIpc) is 2.90. The molecule has 0 amide bonds. The van der Waals surface area contributed by atoms with E-state index in [2.05, 4.69) is 9.71 Å². The van der Waals surface area contributed by atoms with E-state index in [0.717, 1.165) is 10.9 Å². The van der Waals surface area contributed by atoms with Crippen molar-refractivity contribution in [1.29, 1.82) is 0 Å². The van der Waals surface area contributed by atoms with Crippen molar-refractivity contribution in [2.75, 3.05) is 0 Å². The van der Waals surface area contributed by atoms with Crippen LogP contribution in [0.1, 0.15) is 24.3 Å². The van der Waals surface area contributed by atoms with Gasteiger partial charge in [0.1, 0.15) is 0 Å². The Labute approximate surface area is 115 Å². The van der Waals surface area contributed by atoms with Crippen molar-refractivity contribution in [1.82, 2.24) is 9.71 Å². The first kappa shape index (κ1) is 14.1. The molecule has 0 aromatic carbocycles. The molecular formula is C12H13FN2O2S2. The van der Waals surface area contributed by atoms with E-state index in [9.17, 15) is 12.8 Å². The average molecular weight is 300 g/mol. The Kier molecular flexibility index (Phi) is 4.28. The van der Waals surface area contributed by atoms with E-state index in [1.165, 1.54) is 23.6 Å². The maximum Gasteiger partial charge on any atom is 0.261 e. The second-order valence-electron chi connectivity index (χ2n) is 3.89. The summed E-state index contributed by atoms with van der Waals surface area (Å²) in [6.45, 7) is 1.86. The Morgan fingerprint density at radius 3 is 2.79 bits per heavy atom. The van der Waals surface area contributed by atoms with Crippen LogP contribution in [0.3, 0.4) is 0 Å². The molecule has 2 aromatic rings. The number of sulfonamides is 1. The molecule has 4 nitrogen and oxygen atoms in total. The van der Waals surface area contributed by atoms with Gasteiger partial charge in [-0.1, -0.05) is 13.0 Å². The lowest BCUT2D eigenvalue weighted by Gasteiger charge is -2.15. The number of halogens is 1. The maximum absolute atomic E-state index is 13.5. The summed E-state index contributed by atoms with van der Waals surface area (Å²) in [5.41, 5.74) is 0. The van der Waals surface area contributed by atoms with Crippen LogP contribution < -0.4 is 4.72 Å². The van der Waals surface area contributed by atoms with E-state index in [4.69, 9.17) is 0 Å². The summed E-state index contributed by atoms with van der Waals surface area (Å²) >= 11 is 1.45. The first-order valence-electron chi connectivity index (χ1n) is 5.71. The van der Waals surface area contributed by atoms with E-state index in [-0.39, 0.29) is 6.04 Å². The third-order valence-electron chi connectivity index (χ3n) is 2.57. The third-order valence-corrected chi connectivity index (χ3v) is 4.96. The molecule has 2 aromatic heterocycles. The number of nitrogens with zero attached hydrogens (tertiary/aromatic N) is 1. The smallest absolute Gasteiger partial charge is 0.241 e. The second-order valence-corrected chi connectivity index (χ2v) is 6.50. The predicted molar refractivity (Wildman–Crippen MR) is 71.9 cm³/mol. The van der Waals surface area contributed by atoms with Crippen molar-refractivity contribution >= 4 is 21.4 Å². The molecule has 0 aliphatic heterocycles. The molecule has 102 valence electrons. The van der Waals surface area contributed by atoms with Crippen LogP contribution in [0.25, 0.3) is 0 Å². The van der Waals surface area contributed by atoms with Crippen LogP contribution in [0.2, 0.25) is 0 Å². The fourth-order valence-electron chi connectivity index (χ4n) is 1.64. The lowest BCUT2D eigenvalue weighted by Crippen LogP contribution is -2.29. The van der Waals surface area contributed by atoms with Gasteiger partial charge >= 0.3 is 0 Å². The molecule has 19 heavy (non-hydrogen) atoms. The molecule has 0 radical (unpaired) electrons. The van der Waals surface area contributed by atoms with Gasteiger partial charge in [0.15, 0.2) is 5.82 Å². The van der Waals surface area contributed by atoms with Crippen molar-refractivity contribution in [2.45, 2.75) is 24.4 Å². The summed E-state index contributed by atoms with van der Waals surface area (Å²) in [4.78, 5) is 4.49. The molecule has 0 spiro atoms. The zero-order valence-electron chi connectivity index (χ0n) is 10.2. The van der Waals surface area contributed by atoms with Crippen LogP contribution in [0, 0.1) is 5.82 Å². The molecule has 0 aliphatic carbocycles. The maximum atomic E-state index is 13.5. The van der Waals surface area contributed by atoms with Crippen LogP contribution >= 0.6 is 11.3 Å². The Hall–Kier alpha value is -1.31. The summed E-state index contributed by atoms with van der Waals surface area (Å²) in [6, 6.07) is 5.75. The van der Waals surface area contributed by atoms with Gasteiger partial charge in [-0.3, -0.25) is 0 Å². The molecule has 0 aliphatic rings. The molecule has 0 fully saturated rings. The lowest BCUT2D eigenvalue weighted by molar-refractivity contribution is 0.528. The largest absolute Gasteiger partial charge is 0.261 e. The van der Waals surface area contributed by atoms with E-state index in [1.807, 2.05) is 24.4 Å². The Balaban J connectivity index is 2.29. The number of hydrogen-bond donors (Lipinski definition) is 1. The first-order valence-corrected chi connectivity index (χ1v) is 8.07. The molecule has 1 atom stereocenters. The topological polar surface area (TPSA) is 59.1 Å². The molecule has 2 heterocycles. The van der Waals surface area contributed by atoms with Crippen molar-refractivity contribution in [2.24, 2.45) is 0 Å². The van der Waals surface area contributed by atoms with E-state index in [1.54, 1.807) is 0 Å². The van der Waals surface area contributed by atoms with Crippen molar-refractivity contribution in [3.05, 3.63) is 46.5 Å². The minimum absolute atomic E-state index is 0.369. The summed E-state index contributed by atoms with van der Waals surface area (Å²) in [5, 5.41) is 1.30. The highest BCUT2D eigenvalue weighted by Gasteiger charge is 2.24. The highest BCUT2D eigenvalue weighted by atomic mass is 32.2. The van der Waals surface area contributed by atoms with Gasteiger partial charge in [0.25, 0.3) is 10.0 Å². The van der Waals surface area contributed by atoms with Crippen LogP contribution in [0.4, 0.5) is 4.39 Å². The summed E-state index contributed by atoms with van der Waals surface area (Å²) in [6.07, 6.45) is 1.83. The lowest BCUT2D eigenvalue weighted by atomic mass is 10.2. The van der Waals surface area contributed by atoms with Crippen molar-refractivity contribution < 1.29 is 12.8 Å². The summed E-state index contributed by atoms with van der Waals surface area (Å²) in [7, 11) is -3.96. The standard InChI is InChI=1S/C12H13FN2O2S2/c1-2-10(11-6-4-8-18-11)15-19(16,17)12-9(13)5-3-7-14-12/h3-8,10,15H,2H2,1H3. The van der Waals surface area contributed by atoms with Gasteiger partial charge in [-0.05, 0) is 30.0 Å². The number of thiophene rings is 1. The Morgan fingerprint density at radius 1 is 1.42 bits per heavy atom. The fraction of sp³-hybridized carbons (Fsp3) is 0.250. The number of aromatic nitrogens is 1. The SMILES string of the molecule is CCC(NS(=O)(=O)c1ncccc1F)c1cccs1. The van der Waals surface area contributed by atoms with Crippen LogP contribution in [-0.4, -0.2) is 13.4 Å². The second kappa shape index (κ2) is 5.77. The van der Waals surface area contributed by atoms with Gasteiger partial charge < -0.3 is 0 Å². The minimum atomic E-state index is -3.96. The normalized spacial score (nSPS) is 13.4. The molecule has 0 saturated heterocycles. The van der Waals surface area contributed by atoms with Gasteiger partial charge in [-0.15, -0.1) is 11.3 Å². The zero-order chi connectivity index (χ0) is 13.9. The Morgan fingerprint density at radius 2 is 2.21 bits per heavy atom. The molecular weight excluding hydrogens is 287 g/mol. The van der Waals surface area contributed by atoms with Gasteiger partial charge in [0, 0.05) is 11.1 Å². The number of nitrogens with one attached hydrogen (secondary N) is 1. The van der Waals surface area contributed by atoms with Crippen LogP contribution in [-0.2, 0) is 10.0 Å². The van der Waals surface area contributed by atoms with Crippen molar-refractivity contribution in [3.8, 4) is 0 Å². The molecule has 1 unspecified atom stereocenters.